The molecule has 0 aromatic rings. The predicted octanol–water partition coefficient (Wildman–Crippen LogP) is 4.30. The summed E-state index contributed by atoms with van der Waals surface area (Å²) in [4.78, 5) is 2.78. The molecule has 0 spiro atoms. The van der Waals surface area contributed by atoms with Gasteiger partial charge in [0, 0.05) is 12.6 Å². The highest BCUT2D eigenvalue weighted by Gasteiger charge is 2.41. The van der Waals surface area contributed by atoms with Gasteiger partial charge in [0.2, 0.25) is 0 Å². The van der Waals surface area contributed by atoms with Crippen LogP contribution in [0.5, 0.6) is 0 Å². The minimum atomic E-state index is 0.484. The fourth-order valence-corrected chi connectivity index (χ4v) is 4.60. The van der Waals surface area contributed by atoms with Gasteiger partial charge in [0.25, 0.3) is 0 Å². The van der Waals surface area contributed by atoms with E-state index in [0.29, 0.717) is 5.41 Å². The molecule has 2 fully saturated rings. The van der Waals surface area contributed by atoms with Crippen molar-refractivity contribution in [3.63, 3.8) is 0 Å². The van der Waals surface area contributed by atoms with Crippen LogP contribution in [-0.2, 0) is 0 Å². The largest absolute Gasteiger partial charge is 0.313 e. The van der Waals surface area contributed by atoms with Gasteiger partial charge in [0.1, 0.15) is 0 Å². The number of rotatable bonds is 6. The number of nitrogens with one attached hydrogen (secondary N) is 1. The number of hydrogen-bond acceptors (Lipinski definition) is 2. The van der Waals surface area contributed by atoms with E-state index in [0.717, 1.165) is 17.9 Å². The Morgan fingerprint density at radius 1 is 1.10 bits per heavy atom. The van der Waals surface area contributed by atoms with Crippen molar-refractivity contribution in [1.82, 2.24) is 10.2 Å². The van der Waals surface area contributed by atoms with Crippen LogP contribution in [0.2, 0.25) is 0 Å². The van der Waals surface area contributed by atoms with E-state index in [-0.39, 0.29) is 0 Å². The predicted molar refractivity (Wildman–Crippen MR) is 92.7 cm³/mol. The van der Waals surface area contributed by atoms with Crippen LogP contribution in [0.4, 0.5) is 0 Å². The second-order valence-electron chi connectivity index (χ2n) is 8.22. The molecule has 2 aliphatic rings. The molecule has 21 heavy (non-hydrogen) atoms. The first-order valence-corrected chi connectivity index (χ1v) is 9.52. The van der Waals surface area contributed by atoms with Gasteiger partial charge in [-0.3, -0.25) is 0 Å². The third kappa shape index (κ3) is 4.69. The molecule has 2 heteroatoms. The van der Waals surface area contributed by atoms with Gasteiger partial charge in [-0.1, -0.05) is 34.1 Å². The van der Waals surface area contributed by atoms with E-state index in [1.54, 1.807) is 0 Å². The summed E-state index contributed by atoms with van der Waals surface area (Å²) in [7, 11) is 0. The first kappa shape index (κ1) is 17.3. The molecule has 1 aliphatic heterocycles. The second-order valence-corrected chi connectivity index (χ2v) is 8.22. The molecule has 1 N–H and O–H groups in total. The van der Waals surface area contributed by atoms with Crippen molar-refractivity contribution in [3.8, 4) is 0 Å². The van der Waals surface area contributed by atoms with Crippen LogP contribution < -0.4 is 5.32 Å². The number of likely N-dealkylation sites (tertiary alicyclic amines) is 1. The first-order valence-electron chi connectivity index (χ1n) is 9.52. The van der Waals surface area contributed by atoms with Gasteiger partial charge in [-0.25, -0.2) is 0 Å². The highest BCUT2D eigenvalue weighted by molar-refractivity contribution is 4.97. The number of hydrogen-bond donors (Lipinski definition) is 1. The SMILES string of the molecule is CCCNC1C(CN2CCCC(CC)CC2)CCC1(C)C. The van der Waals surface area contributed by atoms with Gasteiger partial charge in [-0.15, -0.1) is 0 Å². The molecular weight excluding hydrogens is 256 g/mol. The molecule has 3 atom stereocenters. The number of nitrogens with zero attached hydrogens (tertiary/aromatic N) is 1. The highest BCUT2D eigenvalue weighted by Crippen LogP contribution is 2.41. The Morgan fingerprint density at radius 2 is 1.90 bits per heavy atom. The van der Waals surface area contributed by atoms with E-state index in [1.165, 1.54) is 71.1 Å². The average molecular weight is 295 g/mol. The maximum absolute atomic E-state index is 3.87. The lowest BCUT2D eigenvalue weighted by atomic mass is 9.84. The van der Waals surface area contributed by atoms with Gasteiger partial charge < -0.3 is 10.2 Å². The molecule has 2 nitrogen and oxygen atoms in total. The highest BCUT2D eigenvalue weighted by atomic mass is 15.1. The average Bonchev–Trinajstić information content (AvgIpc) is 2.64. The Bertz CT molecular complexity index is 300. The summed E-state index contributed by atoms with van der Waals surface area (Å²) in [6.07, 6.45) is 9.75. The molecule has 1 saturated carbocycles. The van der Waals surface area contributed by atoms with E-state index < -0.39 is 0 Å². The summed E-state index contributed by atoms with van der Waals surface area (Å²) in [5.41, 5.74) is 0.484. The smallest absolute Gasteiger partial charge is 0.0159 e. The Balaban J connectivity index is 1.88. The lowest BCUT2D eigenvalue weighted by molar-refractivity contribution is 0.185. The molecule has 124 valence electrons. The van der Waals surface area contributed by atoms with Crippen LogP contribution >= 0.6 is 0 Å². The summed E-state index contributed by atoms with van der Waals surface area (Å²) in [5.74, 6) is 1.86. The van der Waals surface area contributed by atoms with Gasteiger partial charge in [0.05, 0.1) is 0 Å². The van der Waals surface area contributed by atoms with Gasteiger partial charge in [0.15, 0.2) is 0 Å². The van der Waals surface area contributed by atoms with Gasteiger partial charge in [-0.2, -0.15) is 0 Å². The lowest BCUT2D eigenvalue weighted by Gasteiger charge is -2.34. The molecule has 1 aliphatic carbocycles. The maximum Gasteiger partial charge on any atom is 0.0159 e. The zero-order chi connectivity index (χ0) is 15.3. The summed E-state index contributed by atoms with van der Waals surface area (Å²) < 4.78 is 0. The van der Waals surface area contributed by atoms with Crippen LogP contribution in [0.25, 0.3) is 0 Å². The van der Waals surface area contributed by atoms with E-state index in [9.17, 15) is 0 Å². The molecular formula is C19H38N2. The minimum absolute atomic E-state index is 0.484. The fourth-order valence-electron chi connectivity index (χ4n) is 4.60. The topological polar surface area (TPSA) is 15.3 Å². The van der Waals surface area contributed by atoms with Crippen molar-refractivity contribution in [1.29, 1.82) is 0 Å². The first-order chi connectivity index (χ1) is 10.1. The molecule has 0 aromatic heterocycles. The molecule has 0 aromatic carbocycles. The fraction of sp³-hybridized carbons (Fsp3) is 1.00. The van der Waals surface area contributed by atoms with Crippen LogP contribution in [0.3, 0.4) is 0 Å². The maximum atomic E-state index is 3.87. The van der Waals surface area contributed by atoms with Crippen LogP contribution in [0.15, 0.2) is 0 Å². The van der Waals surface area contributed by atoms with E-state index >= 15 is 0 Å². The molecule has 1 saturated heterocycles. The van der Waals surface area contributed by atoms with E-state index in [4.69, 9.17) is 0 Å². The van der Waals surface area contributed by atoms with Crippen molar-refractivity contribution < 1.29 is 0 Å². The summed E-state index contributed by atoms with van der Waals surface area (Å²) in [5, 5.41) is 3.87. The van der Waals surface area contributed by atoms with Crippen molar-refractivity contribution in [2.75, 3.05) is 26.2 Å². The van der Waals surface area contributed by atoms with Crippen LogP contribution in [0, 0.1) is 17.3 Å². The summed E-state index contributed by atoms with van der Waals surface area (Å²) >= 11 is 0. The van der Waals surface area contributed by atoms with Crippen molar-refractivity contribution in [2.45, 2.75) is 78.7 Å². The Morgan fingerprint density at radius 3 is 2.62 bits per heavy atom. The zero-order valence-electron chi connectivity index (χ0n) is 15.0. The molecule has 0 bridgehead atoms. The molecule has 0 radical (unpaired) electrons. The third-order valence-electron chi connectivity index (χ3n) is 6.10. The summed E-state index contributed by atoms with van der Waals surface area (Å²) in [6, 6.07) is 0.725. The van der Waals surface area contributed by atoms with Gasteiger partial charge >= 0.3 is 0 Å². The molecule has 3 unspecified atom stereocenters. The third-order valence-corrected chi connectivity index (χ3v) is 6.10. The van der Waals surface area contributed by atoms with Crippen molar-refractivity contribution in [2.24, 2.45) is 17.3 Å². The standard InChI is InChI=1S/C19H38N2/c1-5-12-20-18-17(9-11-19(18,3)4)15-21-13-7-8-16(6-2)10-14-21/h16-18,20H,5-15H2,1-4H3. The summed E-state index contributed by atoms with van der Waals surface area (Å²) in [6.45, 7) is 14.8. The van der Waals surface area contributed by atoms with Crippen molar-refractivity contribution in [3.05, 3.63) is 0 Å². The normalized spacial score (nSPS) is 34.0. The quantitative estimate of drug-likeness (QED) is 0.785. The van der Waals surface area contributed by atoms with Crippen LogP contribution in [-0.4, -0.2) is 37.1 Å². The molecule has 1 heterocycles. The monoisotopic (exact) mass is 294 g/mol. The Labute approximate surface area is 133 Å². The van der Waals surface area contributed by atoms with Crippen LogP contribution in [0.1, 0.15) is 72.6 Å². The second kappa shape index (κ2) is 7.97. The Hall–Kier alpha value is -0.0800. The minimum Gasteiger partial charge on any atom is -0.313 e. The lowest BCUT2D eigenvalue weighted by Crippen LogP contribution is -2.46. The van der Waals surface area contributed by atoms with Gasteiger partial charge in [-0.05, 0) is 75.4 Å². The van der Waals surface area contributed by atoms with Crippen molar-refractivity contribution >= 4 is 0 Å². The molecule has 0 amide bonds. The van der Waals surface area contributed by atoms with E-state index in [1.807, 2.05) is 0 Å². The Kier molecular flexibility index (Phi) is 6.55. The molecule has 2 rings (SSSR count). The zero-order valence-corrected chi connectivity index (χ0v) is 15.0. The van der Waals surface area contributed by atoms with E-state index in [2.05, 4.69) is 37.9 Å².